The predicted molar refractivity (Wildman–Crippen MR) is 119 cm³/mol. The van der Waals surface area contributed by atoms with E-state index < -0.39 is 18.5 Å². The summed E-state index contributed by atoms with van der Waals surface area (Å²) in [6, 6.07) is 13.4. The smallest absolute Gasteiger partial charge is 0.358 e. The van der Waals surface area contributed by atoms with Crippen LogP contribution in [-0.4, -0.2) is 43.6 Å². The molecule has 0 saturated heterocycles. The summed E-state index contributed by atoms with van der Waals surface area (Å²) in [5, 5.41) is 7.56. The van der Waals surface area contributed by atoms with Crippen LogP contribution in [0.2, 0.25) is 0 Å². The lowest BCUT2D eigenvalue weighted by atomic mass is 10.2. The Hall–Kier alpha value is -3.76. The van der Waals surface area contributed by atoms with E-state index >= 15 is 0 Å². The quantitative estimate of drug-likeness (QED) is 0.475. The first-order chi connectivity index (χ1) is 15.5. The lowest BCUT2D eigenvalue weighted by Gasteiger charge is -2.10. The van der Waals surface area contributed by atoms with Crippen LogP contribution >= 0.6 is 11.3 Å². The third-order valence-corrected chi connectivity index (χ3v) is 4.97. The maximum Gasteiger partial charge on any atom is 0.358 e. The highest BCUT2D eigenvalue weighted by Crippen LogP contribution is 2.24. The number of amides is 2. The molecule has 1 aromatic heterocycles. The van der Waals surface area contributed by atoms with Crippen LogP contribution in [-0.2, 0) is 20.9 Å². The molecule has 0 aliphatic rings. The highest BCUT2D eigenvalue weighted by Gasteiger charge is 2.15. The van der Waals surface area contributed by atoms with Crippen molar-refractivity contribution < 1.29 is 28.6 Å². The predicted octanol–water partition coefficient (Wildman–Crippen LogP) is 3.35. The van der Waals surface area contributed by atoms with Crippen molar-refractivity contribution in [3.63, 3.8) is 0 Å². The molecule has 0 aliphatic carbocycles. The molecule has 0 aliphatic heterocycles. The Kier molecular flexibility index (Phi) is 7.90. The molecule has 0 radical (unpaired) electrons. The molecule has 166 valence electrons. The van der Waals surface area contributed by atoms with Gasteiger partial charge >= 0.3 is 5.97 Å². The maximum absolute atomic E-state index is 12.4. The van der Waals surface area contributed by atoms with Gasteiger partial charge in [0.25, 0.3) is 11.8 Å². The van der Waals surface area contributed by atoms with Crippen LogP contribution < -0.4 is 15.4 Å². The van der Waals surface area contributed by atoms with Gasteiger partial charge in [-0.3, -0.25) is 9.59 Å². The number of esters is 1. The van der Waals surface area contributed by atoms with Crippen LogP contribution in [0.1, 0.15) is 25.9 Å². The molecule has 0 saturated carbocycles. The first-order valence-electron chi connectivity index (χ1n) is 9.45. The lowest BCUT2D eigenvalue weighted by molar-refractivity contribution is -0.119. The summed E-state index contributed by atoms with van der Waals surface area (Å²) in [5.74, 6) is -0.983. The van der Waals surface area contributed by atoms with Gasteiger partial charge in [-0.2, -0.15) is 0 Å². The van der Waals surface area contributed by atoms with Gasteiger partial charge in [0.2, 0.25) is 0 Å². The van der Waals surface area contributed by atoms with E-state index in [1.54, 1.807) is 53.9 Å². The van der Waals surface area contributed by atoms with Crippen LogP contribution in [0.3, 0.4) is 0 Å². The number of nitrogens with zero attached hydrogens (tertiary/aromatic N) is 1. The third kappa shape index (κ3) is 6.13. The second-order valence-corrected chi connectivity index (χ2v) is 7.36. The molecule has 32 heavy (non-hydrogen) atoms. The number of hydrogen-bond donors (Lipinski definition) is 2. The zero-order chi connectivity index (χ0) is 22.9. The van der Waals surface area contributed by atoms with Gasteiger partial charge < -0.3 is 24.8 Å². The lowest BCUT2D eigenvalue weighted by Crippen LogP contribution is -2.21. The Morgan fingerprint density at radius 2 is 1.75 bits per heavy atom. The van der Waals surface area contributed by atoms with Gasteiger partial charge in [-0.05, 0) is 36.4 Å². The fraction of sp³-hybridized carbons (Fsp3) is 0.182. The minimum absolute atomic E-state index is 0.125. The standard InChI is InChI=1S/C22H21N3O6S/c1-29-12-20-24-17(13-32-20)22(28)31-11-19(26)23-15-9-7-14(8-10-15)21(27)25-16-5-3-4-6-18(16)30-2/h3-10,13H,11-12H2,1-2H3,(H,23,26)(H,25,27). The van der Waals surface area contributed by atoms with E-state index in [9.17, 15) is 14.4 Å². The molecule has 2 amide bonds. The van der Waals surface area contributed by atoms with Gasteiger partial charge in [-0.15, -0.1) is 11.3 Å². The maximum atomic E-state index is 12.4. The minimum Gasteiger partial charge on any atom is -0.495 e. The summed E-state index contributed by atoms with van der Waals surface area (Å²) >= 11 is 1.27. The van der Waals surface area contributed by atoms with Crippen molar-refractivity contribution in [3.05, 3.63) is 70.2 Å². The Morgan fingerprint density at radius 1 is 1.00 bits per heavy atom. The number of carbonyl (C=O) groups excluding carboxylic acids is 3. The Balaban J connectivity index is 1.50. The van der Waals surface area contributed by atoms with Gasteiger partial charge in [0.1, 0.15) is 10.8 Å². The Bertz CT molecular complexity index is 1100. The number of rotatable bonds is 9. The summed E-state index contributed by atoms with van der Waals surface area (Å²) in [6.45, 7) is -0.169. The molecule has 3 rings (SSSR count). The van der Waals surface area contributed by atoms with E-state index in [0.29, 0.717) is 34.3 Å². The van der Waals surface area contributed by atoms with E-state index in [-0.39, 0.29) is 11.6 Å². The summed E-state index contributed by atoms with van der Waals surface area (Å²) in [5.41, 5.74) is 1.53. The van der Waals surface area contributed by atoms with Crippen molar-refractivity contribution >= 4 is 40.5 Å². The highest BCUT2D eigenvalue weighted by atomic mass is 32.1. The number of nitrogens with one attached hydrogen (secondary N) is 2. The Morgan fingerprint density at radius 3 is 2.47 bits per heavy atom. The number of methoxy groups -OCH3 is 2. The zero-order valence-corrected chi connectivity index (χ0v) is 18.2. The number of thiazole rings is 1. The van der Waals surface area contributed by atoms with Crippen molar-refractivity contribution in [1.82, 2.24) is 4.98 Å². The van der Waals surface area contributed by atoms with Crippen LogP contribution in [0.25, 0.3) is 0 Å². The number of aromatic nitrogens is 1. The molecule has 10 heteroatoms. The molecule has 1 heterocycles. The summed E-state index contributed by atoms with van der Waals surface area (Å²) in [7, 11) is 3.05. The van der Waals surface area contributed by atoms with Gasteiger partial charge in [0.05, 0.1) is 19.4 Å². The SMILES string of the molecule is COCc1nc(C(=O)OCC(=O)Nc2ccc(C(=O)Nc3ccccc3OC)cc2)cs1. The normalized spacial score (nSPS) is 10.3. The Labute approximate surface area is 188 Å². The van der Waals surface area contributed by atoms with E-state index in [0.717, 1.165) is 0 Å². The zero-order valence-electron chi connectivity index (χ0n) is 17.4. The van der Waals surface area contributed by atoms with E-state index in [2.05, 4.69) is 15.6 Å². The van der Waals surface area contributed by atoms with Gasteiger partial charge in [0.15, 0.2) is 12.3 Å². The number of carbonyl (C=O) groups is 3. The molecule has 0 bridgehead atoms. The molecule has 0 spiro atoms. The van der Waals surface area contributed by atoms with Crippen molar-refractivity contribution in [3.8, 4) is 5.75 Å². The van der Waals surface area contributed by atoms with E-state index in [4.69, 9.17) is 14.2 Å². The summed E-state index contributed by atoms with van der Waals surface area (Å²) < 4.78 is 15.1. The first-order valence-corrected chi connectivity index (χ1v) is 10.3. The topological polar surface area (TPSA) is 116 Å². The second kappa shape index (κ2) is 11.0. The van der Waals surface area contributed by atoms with Crippen LogP contribution in [0.15, 0.2) is 53.9 Å². The second-order valence-electron chi connectivity index (χ2n) is 6.42. The molecule has 0 atom stereocenters. The van der Waals surface area contributed by atoms with Crippen molar-refractivity contribution in [2.45, 2.75) is 6.61 Å². The molecule has 0 fully saturated rings. The number of hydrogen-bond acceptors (Lipinski definition) is 8. The van der Waals surface area contributed by atoms with Gasteiger partial charge in [-0.1, -0.05) is 12.1 Å². The van der Waals surface area contributed by atoms with Crippen molar-refractivity contribution in [2.75, 3.05) is 31.5 Å². The minimum atomic E-state index is -0.692. The van der Waals surface area contributed by atoms with Crippen LogP contribution in [0.5, 0.6) is 5.75 Å². The number of benzene rings is 2. The average molecular weight is 455 g/mol. The first kappa shape index (κ1) is 22.9. The largest absolute Gasteiger partial charge is 0.495 e. The molecule has 9 nitrogen and oxygen atoms in total. The fourth-order valence-electron chi connectivity index (χ4n) is 2.64. The number of para-hydroxylation sites is 2. The average Bonchev–Trinajstić information content (AvgIpc) is 3.27. The molecule has 2 N–H and O–H groups in total. The van der Waals surface area contributed by atoms with Crippen LogP contribution in [0.4, 0.5) is 11.4 Å². The summed E-state index contributed by atoms with van der Waals surface area (Å²) in [4.78, 5) is 40.6. The van der Waals surface area contributed by atoms with Gasteiger partial charge in [0, 0.05) is 23.7 Å². The number of ether oxygens (including phenoxy) is 3. The molecular formula is C22H21N3O6S. The monoisotopic (exact) mass is 455 g/mol. The van der Waals surface area contributed by atoms with Crippen LogP contribution in [0, 0.1) is 0 Å². The van der Waals surface area contributed by atoms with Gasteiger partial charge in [-0.25, -0.2) is 9.78 Å². The third-order valence-electron chi connectivity index (χ3n) is 4.15. The van der Waals surface area contributed by atoms with E-state index in [1.807, 2.05) is 0 Å². The van der Waals surface area contributed by atoms with Crippen molar-refractivity contribution in [2.24, 2.45) is 0 Å². The molecular weight excluding hydrogens is 434 g/mol. The molecule has 0 unspecified atom stereocenters. The summed E-state index contributed by atoms with van der Waals surface area (Å²) in [6.07, 6.45) is 0. The highest BCUT2D eigenvalue weighted by molar-refractivity contribution is 7.09. The molecule has 3 aromatic rings. The fourth-order valence-corrected chi connectivity index (χ4v) is 3.38. The number of anilines is 2. The molecule has 2 aromatic carbocycles. The van der Waals surface area contributed by atoms with E-state index in [1.165, 1.54) is 25.6 Å². The van der Waals surface area contributed by atoms with Crippen molar-refractivity contribution in [1.29, 1.82) is 0 Å².